The maximum Gasteiger partial charge on any atom is 0.269 e. The molecule has 12 heteroatoms. The molecule has 0 spiro atoms. The normalized spacial score (nSPS) is 17.8. The van der Waals surface area contributed by atoms with Crippen molar-refractivity contribution in [1.82, 2.24) is 19.8 Å². The molecule has 1 atom stereocenters. The van der Waals surface area contributed by atoms with E-state index in [4.69, 9.17) is 14.5 Å². The van der Waals surface area contributed by atoms with Crippen molar-refractivity contribution < 1.29 is 19.2 Å². The average molecular weight is 568 g/mol. The van der Waals surface area contributed by atoms with Crippen molar-refractivity contribution in [2.45, 2.75) is 42.8 Å². The van der Waals surface area contributed by atoms with Gasteiger partial charge in [0.2, 0.25) is 0 Å². The van der Waals surface area contributed by atoms with Crippen molar-refractivity contribution >= 4 is 34.3 Å². The Balaban J connectivity index is 1.34. The third-order valence-electron chi connectivity index (χ3n) is 7.12. The summed E-state index contributed by atoms with van der Waals surface area (Å²) in [5.41, 5.74) is 1.46. The smallest absolute Gasteiger partial charge is 0.269 e. The number of carbonyl (C=O) groups excluding carboxylic acids is 1. The van der Waals surface area contributed by atoms with Crippen LogP contribution in [0.2, 0.25) is 0 Å². The number of nitrogens with one attached hydrogen (secondary N) is 1. The number of non-ortho nitro benzene ring substituents is 1. The molecule has 2 aliphatic heterocycles. The number of nitro groups is 1. The molecule has 2 saturated heterocycles. The SMILES string of the molecule is O=C(NCCCN1CCOCC1)c1ccc2c(=O)n(CC3CCCO3)c(SCc3cccc([N+](=O)[O-])c3)nc2c1. The van der Waals surface area contributed by atoms with Crippen LogP contribution in [0.15, 0.2) is 52.4 Å². The van der Waals surface area contributed by atoms with E-state index >= 15 is 0 Å². The molecule has 0 saturated carbocycles. The van der Waals surface area contributed by atoms with Gasteiger partial charge in [-0.2, -0.15) is 0 Å². The monoisotopic (exact) mass is 567 g/mol. The number of aromatic nitrogens is 2. The first-order chi connectivity index (χ1) is 19.5. The molecule has 5 rings (SSSR count). The summed E-state index contributed by atoms with van der Waals surface area (Å²) < 4.78 is 12.8. The molecular formula is C28H33N5O6S. The number of thioether (sulfide) groups is 1. The highest BCUT2D eigenvalue weighted by Gasteiger charge is 2.21. The number of amides is 1. The first-order valence-corrected chi connectivity index (χ1v) is 14.6. The highest BCUT2D eigenvalue weighted by molar-refractivity contribution is 7.98. The van der Waals surface area contributed by atoms with Crippen molar-refractivity contribution in [3.63, 3.8) is 0 Å². The molecule has 2 fully saturated rings. The molecule has 1 N–H and O–H groups in total. The molecule has 3 aromatic rings. The maximum atomic E-state index is 13.6. The number of fused-ring (bicyclic) bond motifs is 1. The van der Waals surface area contributed by atoms with Gasteiger partial charge < -0.3 is 14.8 Å². The quantitative estimate of drug-likeness (QED) is 0.122. The minimum absolute atomic E-state index is 0.0157. The number of rotatable bonds is 11. The van der Waals surface area contributed by atoms with Gasteiger partial charge in [-0.25, -0.2) is 4.98 Å². The van der Waals surface area contributed by atoms with E-state index in [1.54, 1.807) is 28.8 Å². The van der Waals surface area contributed by atoms with Gasteiger partial charge in [0.05, 0.1) is 41.7 Å². The molecule has 212 valence electrons. The number of carbonyl (C=O) groups is 1. The molecule has 1 amide bonds. The Morgan fingerprint density at radius 1 is 1.18 bits per heavy atom. The van der Waals surface area contributed by atoms with Crippen LogP contribution in [0.1, 0.15) is 35.2 Å². The van der Waals surface area contributed by atoms with Crippen LogP contribution in [-0.2, 0) is 21.8 Å². The van der Waals surface area contributed by atoms with Gasteiger partial charge in [-0.05, 0) is 49.6 Å². The summed E-state index contributed by atoms with van der Waals surface area (Å²) in [6, 6.07) is 11.4. The minimum Gasteiger partial charge on any atom is -0.379 e. The van der Waals surface area contributed by atoms with Gasteiger partial charge in [-0.15, -0.1) is 0 Å². The van der Waals surface area contributed by atoms with Crippen LogP contribution in [0.25, 0.3) is 10.9 Å². The summed E-state index contributed by atoms with van der Waals surface area (Å²) in [5.74, 6) is 0.189. The van der Waals surface area contributed by atoms with Crippen molar-refractivity contribution in [3.8, 4) is 0 Å². The first kappa shape index (κ1) is 28.2. The van der Waals surface area contributed by atoms with E-state index in [9.17, 15) is 19.7 Å². The third-order valence-corrected chi connectivity index (χ3v) is 8.17. The van der Waals surface area contributed by atoms with Gasteiger partial charge in [-0.3, -0.25) is 29.2 Å². The largest absolute Gasteiger partial charge is 0.379 e. The summed E-state index contributed by atoms with van der Waals surface area (Å²) >= 11 is 1.34. The number of morpholine rings is 1. The van der Waals surface area contributed by atoms with E-state index < -0.39 is 4.92 Å². The molecule has 1 aromatic heterocycles. The first-order valence-electron chi connectivity index (χ1n) is 13.6. The Kier molecular flexibility index (Phi) is 9.42. The fraction of sp³-hybridized carbons (Fsp3) is 0.464. The molecule has 0 bridgehead atoms. The Labute approximate surface area is 236 Å². The molecule has 11 nitrogen and oxygen atoms in total. The van der Waals surface area contributed by atoms with Gasteiger partial charge in [0.25, 0.3) is 17.2 Å². The molecule has 1 unspecified atom stereocenters. The van der Waals surface area contributed by atoms with Crippen molar-refractivity contribution in [2.75, 3.05) is 46.0 Å². The number of ether oxygens (including phenoxy) is 2. The molecule has 40 heavy (non-hydrogen) atoms. The van der Waals surface area contributed by atoms with E-state index in [1.807, 2.05) is 6.07 Å². The molecular weight excluding hydrogens is 534 g/mol. The summed E-state index contributed by atoms with van der Waals surface area (Å²) in [4.78, 5) is 44.3. The summed E-state index contributed by atoms with van der Waals surface area (Å²) in [5, 5.41) is 15.1. The van der Waals surface area contributed by atoms with Crippen LogP contribution in [-0.4, -0.2) is 77.4 Å². The van der Waals surface area contributed by atoms with Crippen molar-refractivity contribution in [3.05, 3.63) is 74.1 Å². The topological polar surface area (TPSA) is 129 Å². The Morgan fingerprint density at radius 3 is 2.80 bits per heavy atom. The van der Waals surface area contributed by atoms with Gasteiger partial charge in [0.15, 0.2) is 5.16 Å². The van der Waals surface area contributed by atoms with E-state index in [0.29, 0.717) is 47.1 Å². The zero-order chi connectivity index (χ0) is 27.9. The zero-order valence-corrected chi connectivity index (χ0v) is 23.1. The predicted molar refractivity (Wildman–Crippen MR) is 152 cm³/mol. The van der Waals surface area contributed by atoms with Gasteiger partial charge >= 0.3 is 0 Å². The van der Waals surface area contributed by atoms with Crippen LogP contribution in [0.3, 0.4) is 0 Å². The molecule has 2 aromatic carbocycles. The molecule has 3 heterocycles. The average Bonchev–Trinajstić information content (AvgIpc) is 3.49. The second-order valence-corrected chi connectivity index (χ2v) is 10.9. The summed E-state index contributed by atoms with van der Waals surface area (Å²) in [6.45, 7) is 5.82. The minimum atomic E-state index is -0.426. The number of nitro benzene ring substituents is 1. The van der Waals surface area contributed by atoms with Crippen molar-refractivity contribution in [1.29, 1.82) is 0 Å². The lowest BCUT2D eigenvalue weighted by atomic mass is 10.1. The molecule has 0 aliphatic carbocycles. The van der Waals surface area contributed by atoms with Crippen molar-refractivity contribution in [2.24, 2.45) is 0 Å². The lowest BCUT2D eigenvalue weighted by molar-refractivity contribution is -0.384. The summed E-state index contributed by atoms with van der Waals surface area (Å²) in [6.07, 6.45) is 2.58. The van der Waals surface area contributed by atoms with Crippen LogP contribution in [0, 0.1) is 10.1 Å². The van der Waals surface area contributed by atoms with E-state index in [1.165, 1.54) is 23.9 Å². The molecule has 0 radical (unpaired) electrons. The lowest BCUT2D eigenvalue weighted by Crippen LogP contribution is -2.38. The Morgan fingerprint density at radius 2 is 2.02 bits per heavy atom. The van der Waals surface area contributed by atoms with Crippen LogP contribution < -0.4 is 10.9 Å². The van der Waals surface area contributed by atoms with Gasteiger partial charge in [0, 0.05) is 49.7 Å². The fourth-order valence-electron chi connectivity index (χ4n) is 4.94. The predicted octanol–water partition coefficient (Wildman–Crippen LogP) is 3.23. The number of hydrogen-bond acceptors (Lipinski definition) is 9. The highest BCUT2D eigenvalue weighted by Crippen LogP contribution is 2.26. The van der Waals surface area contributed by atoms with Gasteiger partial charge in [0.1, 0.15) is 0 Å². The third kappa shape index (κ3) is 7.05. The van der Waals surface area contributed by atoms with Crippen LogP contribution in [0.4, 0.5) is 5.69 Å². The Hall–Kier alpha value is -3.32. The second-order valence-electron chi connectivity index (χ2n) is 9.96. The number of nitrogens with zero attached hydrogens (tertiary/aromatic N) is 4. The molecule has 2 aliphatic rings. The number of benzene rings is 2. The summed E-state index contributed by atoms with van der Waals surface area (Å²) in [7, 11) is 0. The van der Waals surface area contributed by atoms with E-state index in [-0.39, 0.29) is 23.3 Å². The van der Waals surface area contributed by atoms with Gasteiger partial charge in [-0.1, -0.05) is 23.9 Å². The zero-order valence-electron chi connectivity index (χ0n) is 22.3. The Bertz CT molecular complexity index is 1420. The van der Waals surface area contributed by atoms with E-state index in [2.05, 4.69) is 10.2 Å². The van der Waals surface area contributed by atoms with E-state index in [0.717, 1.165) is 57.7 Å². The fourth-order valence-corrected chi connectivity index (χ4v) is 5.90. The second kappa shape index (κ2) is 13.4. The van der Waals surface area contributed by atoms with Crippen LogP contribution in [0.5, 0.6) is 0 Å². The lowest BCUT2D eigenvalue weighted by Gasteiger charge is -2.26. The standard InChI is InChI=1S/C28H33N5O6S/c34-26(29-9-3-10-31-11-14-38-15-12-31)21-7-8-24-25(17-21)30-28(32(27(24)35)18-23-6-2-13-39-23)40-19-20-4-1-5-22(16-20)33(36)37/h1,4-5,7-8,16-17,23H,2-3,6,9-15,18-19H2,(H,29,34). The maximum absolute atomic E-state index is 13.6. The van der Waals surface area contributed by atoms with Crippen LogP contribution >= 0.6 is 11.8 Å². The number of hydrogen-bond donors (Lipinski definition) is 1. The highest BCUT2D eigenvalue weighted by atomic mass is 32.2.